The largest absolute Gasteiger partial charge is 0.299 e. The van der Waals surface area contributed by atoms with Crippen LogP contribution in [0.15, 0.2) is 36.0 Å². The minimum absolute atomic E-state index is 0.769. The molecule has 0 saturated carbocycles. The lowest BCUT2D eigenvalue weighted by molar-refractivity contribution is 0.248. The van der Waals surface area contributed by atoms with Crippen LogP contribution in [0, 0.1) is 11.3 Å². The van der Waals surface area contributed by atoms with Gasteiger partial charge in [0.1, 0.15) is 0 Å². The molecule has 1 rings (SSSR count). The molecule has 2 heteroatoms. The maximum absolute atomic E-state index is 9.04. The van der Waals surface area contributed by atoms with Crippen LogP contribution < -0.4 is 0 Å². The highest BCUT2D eigenvalue weighted by Crippen LogP contribution is 2.15. The van der Waals surface area contributed by atoms with Gasteiger partial charge in [0.25, 0.3) is 0 Å². The van der Waals surface area contributed by atoms with Gasteiger partial charge in [0, 0.05) is 6.54 Å². The van der Waals surface area contributed by atoms with Crippen molar-refractivity contribution in [3.8, 4) is 6.07 Å². The fraction of sp³-hybridized carbons (Fsp3) is 0.500. The molecule has 1 saturated heterocycles. The van der Waals surface area contributed by atoms with E-state index in [0.717, 1.165) is 30.8 Å². The fourth-order valence-electron chi connectivity index (χ4n) is 2.05. The van der Waals surface area contributed by atoms with Gasteiger partial charge in [-0.1, -0.05) is 31.2 Å². The molecule has 1 heterocycles. The third kappa shape index (κ3) is 3.67. The molecule has 0 spiro atoms. The lowest BCUT2D eigenvalue weighted by atomic mass is 10.0. The van der Waals surface area contributed by atoms with Crippen molar-refractivity contribution in [2.24, 2.45) is 0 Å². The lowest BCUT2D eigenvalue weighted by Gasteiger charge is -2.27. The van der Waals surface area contributed by atoms with Gasteiger partial charge in [0.2, 0.25) is 0 Å². The zero-order chi connectivity index (χ0) is 11.8. The zero-order valence-corrected chi connectivity index (χ0v) is 10.1. The Bertz CT molecular complexity index is 325. The molecule has 0 N–H and O–H groups in total. The summed E-state index contributed by atoms with van der Waals surface area (Å²) in [5, 5.41) is 9.04. The SMILES string of the molecule is C=C/C=C(CN1CCCCC1)\C(C#N)=C/C. The minimum atomic E-state index is 0.769. The molecule has 1 aliphatic rings. The van der Waals surface area contributed by atoms with Crippen molar-refractivity contribution in [3.05, 3.63) is 36.0 Å². The molecule has 0 unspecified atom stereocenters. The van der Waals surface area contributed by atoms with Crippen LogP contribution in [-0.2, 0) is 0 Å². The van der Waals surface area contributed by atoms with Crippen LogP contribution in [0.25, 0.3) is 0 Å². The summed E-state index contributed by atoms with van der Waals surface area (Å²) in [5.74, 6) is 0. The Kier molecular flexibility index (Phi) is 5.60. The Hall–Kier alpha value is -1.33. The van der Waals surface area contributed by atoms with E-state index in [0.29, 0.717) is 0 Å². The number of rotatable bonds is 4. The molecule has 1 aliphatic heterocycles. The van der Waals surface area contributed by atoms with E-state index in [1.165, 1.54) is 19.3 Å². The van der Waals surface area contributed by atoms with Crippen molar-refractivity contribution in [2.45, 2.75) is 26.2 Å². The Balaban J connectivity index is 2.68. The summed E-state index contributed by atoms with van der Waals surface area (Å²) in [4.78, 5) is 2.42. The van der Waals surface area contributed by atoms with Crippen molar-refractivity contribution in [3.63, 3.8) is 0 Å². The fourth-order valence-corrected chi connectivity index (χ4v) is 2.05. The van der Waals surface area contributed by atoms with Crippen molar-refractivity contribution in [1.82, 2.24) is 4.90 Å². The van der Waals surface area contributed by atoms with E-state index < -0.39 is 0 Å². The second-order valence-electron chi connectivity index (χ2n) is 4.08. The number of hydrogen-bond donors (Lipinski definition) is 0. The number of allylic oxidation sites excluding steroid dienone is 3. The molecule has 0 bridgehead atoms. The Morgan fingerprint density at radius 2 is 2.06 bits per heavy atom. The van der Waals surface area contributed by atoms with E-state index in [1.807, 2.05) is 19.1 Å². The highest BCUT2D eigenvalue weighted by molar-refractivity contribution is 5.43. The molecule has 2 nitrogen and oxygen atoms in total. The number of nitriles is 1. The molecule has 0 aromatic heterocycles. The van der Waals surface area contributed by atoms with Crippen LogP contribution in [-0.4, -0.2) is 24.5 Å². The summed E-state index contributed by atoms with van der Waals surface area (Å²) in [5.41, 5.74) is 1.85. The topological polar surface area (TPSA) is 27.0 Å². The molecular weight excluding hydrogens is 196 g/mol. The first-order valence-corrected chi connectivity index (χ1v) is 5.92. The summed E-state index contributed by atoms with van der Waals surface area (Å²) in [6.07, 6.45) is 9.48. The number of piperidine rings is 1. The molecular formula is C14H20N2. The van der Waals surface area contributed by atoms with E-state index in [-0.39, 0.29) is 0 Å². The van der Waals surface area contributed by atoms with Gasteiger partial charge in [-0.25, -0.2) is 0 Å². The molecule has 0 amide bonds. The van der Waals surface area contributed by atoms with Crippen LogP contribution in [0.5, 0.6) is 0 Å². The molecule has 86 valence electrons. The standard InChI is InChI=1S/C14H20N2/c1-3-8-14(13(4-2)11-15)12-16-9-6-5-7-10-16/h3-4,8H,1,5-7,9-10,12H2,2H3/b13-4-,14-8-. The van der Waals surface area contributed by atoms with E-state index in [9.17, 15) is 0 Å². The Morgan fingerprint density at radius 1 is 1.38 bits per heavy atom. The third-order valence-corrected chi connectivity index (χ3v) is 2.92. The summed E-state index contributed by atoms with van der Waals surface area (Å²) in [7, 11) is 0. The number of likely N-dealkylation sites (tertiary alicyclic amines) is 1. The average molecular weight is 216 g/mol. The molecule has 0 atom stereocenters. The van der Waals surface area contributed by atoms with Gasteiger partial charge >= 0.3 is 0 Å². The quantitative estimate of drug-likeness (QED) is 0.533. The molecule has 0 aliphatic carbocycles. The van der Waals surface area contributed by atoms with E-state index in [4.69, 9.17) is 5.26 Å². The second kappa shape index (κ2) is 7.03. The number of hydrogen-bond acceptors (Lipinski definition) is 2. The summed E-state index contributed by atoms with van der Waals surface area (Å²) >= 11 is 0. The predicted molar refractivity (Wildman–Crippen MR) is 67.9 cm³/mol. The first-order valence-electron chi connectivity index (χ1n) is 5.92. The van der Waals surface area contributed by atoms with Crippen LogP contribution in [0.3, 0.4) is 0 Å². The molecule has 16 heavy (non-hydrogen) atoms. The van der Waals surface area contributed by atoms with Crippen molar-refractivity contribution >= 4 is 0 Å². The molecule has 0 aromatic rings. The van der Waals surface area contributed by atoms with Gasteiger partial charge in [-0.15, -0.1) is 0 Å². The van der Waals surface area contributed by atoms with Crippen LogP contribution >= 0.6 is 0 Å². The average Bonchev–Trinajstić information content (AvgIpc) is 2.32. The van der Waals surface area contributed by atoms with Crippen molar-refractivity contribution in [2.75, 3.05) is 19.6 Å². The minimum Gasteiger partial charge on any atom is -0.299 e. The van der Waals surface area contributed by atoms with Crippen molar-refractivity contribution < 1.29 is 0 Å². The van der Waals surface area contributed by atoms with Gasteiger partial charge in [-0.2, -0.15) is 5.26 Å². The molecule has 0 aromatic carbocycles. The highest BCUT2D eigenvalue weighted by atomic mass is 15.1. The van der Waals surface area contributed by atoms with Crippen LogP contribution in [0.4, 0.5) is 0 Å². The Labute approximate surface area is 98.6 Å². The lowest BCUT2D eigenvalue weighted by Crippen LogP contribution is -2.31. The Morgan fingerprint density at radius 3 is 2.56 bits per heavy atom. The molecule has 0 radical (unpaired) electrons. The van der Waals surface area contributed by atoms with Crippen LogP contribution in [0.2, 0.25) is 0 Å². The normalized spacial score (nSPS) is 19.2. The first kappa shape index (κ1) is 12.7. The summed E-state index contributed by atoms with van der Waals surface area (Å²) in [6.45, 7) is 8.80. The second-order valence-corrected chi connectivity index (χ2v) is 4.08. The van der Waals surface area contributed by atoms with Crippen LogP contribution in [0.1, 0.15) is 26.2 Å². The van der Waals surface area contributed by atoms with E-state index in [2.05, 4.69) is 17.5 Å². The summed E-state index contributed by atoms with van der Waals surface area (Å²) < 4.78 is 0. The predicted octanol–water partition coefficient (Wildman–Crippen LogP) is 3.05. The maximum Gasteiger partial charge on any atom is 0.0991 e. The number of nitrogens with zero attached hydrogens (tertiary/aromatic N) is 2. The highest BCUT2D eigenvalue weighted by Gasteiger charge is 2.13. The van der Waals surface area contributed by atoms with Gasteiger partial charge in [0.05, 0.1) is 11.6 Å². The molecule has 1 fully saturated rings. The zero-order valence-electron chi connectivity index (χ0n) is 10.1. The smallest absolute Gasteiger partial charge is 0.0991 e. The van der Waals surface area contributed by atoms with Gasteiger partial charge in [-0.05, 0) is 38.4 Å². The van der Waals surface area contributed by atoms with E-state index in [1.54, 1.807) is 6.08 Å². The van der Waals surface area contributed by atoms with Gasteiger partial charge in [-0.3, -0.25) is 4.90 Å². The summed E-state index contributed by atoms with van der Waals surface area (Å²) in [6, 6.07) is 2.24. The van der Waals surface area contributed by atoms with E-state index >= 15 is 0 Å². The third-order valence-electron chi connectivity index (χ3n) is 2.92. The van der Waals surface area contributed by atoms with Crippen molar-refractivity contribution in [1.29, 1.82) is 5.26 Å². The van der Waals surface area contributed by atoms with Gasteiger partial charge < -0.3 is 0 Å². The maximum atomic E-state index is 9.04. The van der Waals surface area contributed by atoms with Gasteiger partial charge in [0.15, 0.2) is 0 Å². The first-order chi connectivity index (χ1) is 7.81. The monoisotopic (exact) mass is 216 g/mol.